The molecular weight excluding hydrogens is 320 g/mol. The summed E-state index contributed by atoms with van der Waals surface area (Å²) in [7, 11) is 0. The van der Waals surface area contributed by atoms with Crippen molar-refractivity contribution in [1.82, 2.24) is 4.98 Å². The minimum Gasteiger partial charge on any atom is -0.330 e. The smallest absolute Gasteiger partial charge is 0.251 e. The summed E-state index contributed by atoms with van der Waals surface area (Å²) in [5, 5.41) is 1.06. The predicted octanol–water partition coefficient (Wildman–Crippen LogP) is 4.47. The number of nitrogens with two attached hydrogens (primary N) is 1. The third kappa shape index (κ3) is 4.05. The highest BCUT2D eigenvalue weighted by Crippen LogP contribution is 2.30. The molecule has 26 heavy (non-hydrogen) atoms. The molecule has 0 saturated carbocycles. The highest BCUT2D eigenvalue weighted by Gasteiger charge is 2.24. The van der Waals surface area contributed by atoms with Gasteiger partial charge in [-0.25, -0.2) is 0 Å². The topological polar surface area (TPSA) is 58.9 Å². The number of unbranched alkanes of at least 4 members (excludes halogenated alkanes) is 1. The molecule has 0 fully saturated rings. The molecule has 0 saturated heterocycles. The molecule has 0 aliphatic rings. The van der Waals surface area contributed by atoms with E-state index in [-0.39, 0.29) is 11.0 Å². The first kappa shape index (κ1) is 18.4. The third-order valence-electron chi connectivity index (χ3n) is 5.47. The van der Waals surface area contributed by atoms with Crippen molar-refractivity contribution >= 4 is 10.9 Å². The zero-order valence-corrected chi connectivity index (χ0v) is 15.7. The fourth-order valence-electron chi connectivity index (χ4n) is 3.54. The maximum atomic E-state index is 11.9. The molecule has 0 radical (unpaired) electrons. The van der Waals surface area contributed by atoms with Gasteiger partial charge in [0, 0.05) is 23.0 Å². The van der Waals surface area contributed by atoms with E-state index in [4.69, 9.17) is 5.73 Å². The lowest BCUT2D eigenvalue weighted by Gasteiger charge is -2.29. The van der Waals surface area contributed by atoms with Gasteiger partial charge in [-0.2, -0.15) is 0 Å². The van der Waals surface area contributed by atoms with Gasteiger partial charge in [0.05, 0.1) is 0 Å². The van der Waals surface area contributed by atoms with Crippen LogP contribution in [0.4, 0.5) is 0 Å². The van der Waals surface area contributed by atoms with Crippen LogP contribution in [0.25, 0.3) is 10.9 Å². The Bertz CT molecular complexity index is 930. The molecule has 1 heterocycles. The predicted molar refractivity (Wildman–Crippen MR) is 110 cm³/mol. The van der Waals surface area contributed by atoms with Crippen molar-refractivity contribution in [1.29, 1.82) is 0 Å². The lowest BCUT2D eigenvalue weighted by molar-refractivity contribution is 0.423. The Kier molecular flexibility index (Phi) is 5.58. The first-order valence-corrected chi connectivity index (χ1v) is 9.40. The Labute approximate surface area is 155 Å². The quantitative estimate of drug-likeness (QED) is 0.619. The molecule has 0 spiro atoms. The maximum absolute atomic E-state index is 11.9. The Hall–Kier alpha value is -2.39. The molecule has 3 aromatic rings. The van der Waals surface area contributed by atoms with Crippen molar-refractivity contribution in [2.75, 3.05) is 6.54 Å². The van der Waals surface area contributed by atoms with Crippen LogP contribution < -0.4 is 11.3 Å². The number of H-pyrrole nitrogens is 1. The monoisotopic (exact) mass is 348 g/mol. The van der Waals surface area contributed by atoms with Gasteiger partial charge in [0.2, 0.25) is 0 Å². The lowest BCUT2D eigenvalue weighted by atomic mass is 9.77. The summed E-state index contributed by atoms with van der Waals surface area (Å²) in [6, 6.07) is 18.9. The fraction of sp³-hybridized carbons (Fsp3) is 0.348. The van der Waals surface area contributed by atoms with E-state index >= 15 is 0 Å². The van der Waals surface area contributed by atoms with Crippen LogP contribution in [0.15, 0.2) is 59.4 Å². The number of pyridine rings is 1. The van der Waals surface area contributed by atoms with E-state index in [1.165, 1.54) is 11.1 Å². The van der Waals surface area contributed by atoms with E-state index in [0.29, 0.717) is 6.54 Å². The number of hydrogen-bond donors (Lipinski definition) is 2. The zero-order valence-electron chi connectivity index (χ0n) is 15.7. The highest BCUT2D eigenvalue weighted by molar-refractivity contribution is 5.79. The zero-order chi connectivity index (χ0) is 18.6. The van der Waals surface area contributed by atoms with Gasteiger partial charge in [0.25, 0.3) is 5.56 Å². The number of benzene rings is 2. The largest absolute Gasteiger partial charge is 0.330 e. The van der Waals surface area contributed by atoms with Gasteiger partial charge < -0.3 is 10.7 Å². The van der Waals surface area contributed by atoms with Gasteiger partial charge in [-0.1, -0.05) is 55.8 Å². The van der Waals surface area contributed by atoms with Crippen LogP contribution in [-0.2, 0) is 11.8 Å². The molecule has 0 amide bonds. The Morgan fingerprint density at radius 3 is 2.54 bits per heavy atom. The van der Waals surface area contributed by atoms with Gasteiger partial charge in [-0.3, -0.25) is 4.79 Å². The maximum Gasteiger partial charge on any atom is 0.251 e. The Morgan fingerprint density at radius 2 is 1.81 bits per heavy atom. The highest BCUT2D eigenvalue weighted by atomic mass is 16.1. The molecule has 0 aliphatic carbocycles. The number of nitrogens with one attached hydrogen (secondary N) is 1. The second-order valence-electron chi connectivity index (χ2n) is 7.54. The van der Waals surface area contributed by atoms with Crippen molar-refractivity contribution in [3.63, 3.8) is 0 Å². The molecule has 3 nitrogen and oxygen atoms in total. The van der Waals surface area contributed by atoms with E-state index in [0.717, 1.165) is 42.1 Å². The van der Waals surface area contributed by atoms with E-state index in [1.807, 2.05) is 13.0 Å². The molecule has 0 unspecified atom stereocenters. The molecule has 2 aromatic carbocycles. The van der Waals surface area contributed by atoms with Crippen LogP contribution in [-0.4, -0.2) is 11.5 Å². The van der Waals surface area contributed by atoms with Crippen LogP contribution in [0, 0.1) is 6.92 Å². The summed E-state index contributed by atoms with van der Waals surface area (Å²) >= 11 is 0. The van der Waals surface area contributed by atoms with Gasteiger partial charge in [0.15, 0.2) is 0 Å². The van der Waals surface area contributed by atoms with Crippen molar-refractivity contribution in [2.45, 2.75) is 44.9 Å². The molecule has 0 bridgehead atoms. The summed E-state index contributed by atoms with van der Waals surface area (Å²) in [6.45, 7) is 4.66. The number of hydrogen-bond acceptors (Lipinski definition) is 2. The number of aromatic amines is 1. The Balaban J connectivity index is 1.72. The standard InChI is InChI=1S/C23H28N2O/c1-17-14-19-11-12-20(15-21(19)25-22(17)26)23(2,16-24)13-7-6-10-18-8-4-3-5-9-18/h3-5,8-9,11-12,14-15H,6-7,10,13,16,24H2,1-2H3,(H,25,26)/t23-/m1/s1. The average molecular weight is 348 g/mol. The van der Waals surface area contributed by atoms with Crippen molar-refractivity contribution in [3.05, 3.63) is 81.6 Å². The summed E-state index contributed by atoms with van der Waals surface area (Å²) in [5.74, 6) is 0. The molecule has 1 aromatic heterocycles. The van der Waals surface area contributed by atoms with Crippen LogP contribution in [0.3, 0.4) is 0 Å². The molecule has 1 atom stereocenters. The SMILES string of the molecule is Cc1cc2ccc([C@@](C)(CN)CCCCc3ccccc3)cc2[nH]c1=O. The summed E-state index contributed by atoms with van der Waals surface area (Å²) in [6.07, 6.45) is 4.43. The third-order valence-corrected chi connectivity index (χ3v) is 5.47. The first-order valence-electron chi connectivity index (χ1n) is 9.40. The van der Waals surface area contributed by atoms with Crippen molar-refractivity contribution in [2.24, 2.45) is 5.73 Å². The number of aryl methyl sites for hydroxylation is 2. The second-order valence-corrected chi connectivity index (χ2v) is 7.54. The minimum absolute atomic E-state index is 0.0213. The van der Waals surface area contributed by atoms with Gasteiger partial charge in [-0.15, -0.1) is 0 Å². The van der Waals surface area contributed by atoms with Crippen LogP contribution in [0.2, 0.25) is 0 Å². The van der Waals surface area contributed by atoms with E-state index in [1.54, 1.807) is 0 Å². The van der Waals surface area contributed by atoms with Crippen molar-refractivity contribution < 1.29 is 0 Å². The van der Waals surface area contributed by atoms with Crippen LogP contribution in [0.5, 0.6) is 0 Å². The molecular formula is C23H28N2O. The second kappa shape index (κ2) is 7.88. The summed E-state index contributed by atoms with van der Waals surface area (Å²) in [5.41, 5.74) is 10.3. The molecule has 3 rings (SSSR count). The minimum atomic E-state index is -0.0767. The van der Waals surface area contributed by atoms with Gasteiger partial charge in [-0.05, 0) is 54.8 Å². The number of aromatic nitrogens is 1. The van der Waals surface area contributed by atoms with Gasteiger partial charge in [0.1, 0.15) is 0 Å². The van der Waals surface area contributed by atoms with Crippen LogP contribution in [0.1, 0.15) is 42.9 Å². The normalized spacial score (nSPS) is 13.7. The van der Waals surface area contributed by atoms with Gasteiger partial charge >= 0.3 is 0 Å². The fourth-order valence-corrected chi connectivity index (χ4v) is 3.54. The van der Waals surface area contributed by atoms with E-state index in [9.17, 15) is 4.79 Å². The molecule has 3 heteroatoms. The summed E-state index contributed by atoms with van der Waals surface area (Å²) in [4.78, 5) is 14.9. The molecule has 3 N–H and O–H groups in total. The molecule has 0 aliphatic heterocycles. The average Bonchev–Trinajstić information content (AvgIpc) is 2.66. The van der Waals surface area contributed by atoms with E-state index < -0.39 is 0 Å². The lowest BCUT2D eigenvalue weighted by Crippen LogP contribution is -2.32. The Morgan fingerprint density at radius 1 is 1.04 bits per heavy atom. The molecule has 136 valence electrons. The first-order chi connectivity index (χ1) is 12.5. The van der Waals surface area contributed by atoms with Crippen LogP contribution >= 0.6 is 0 Å². The van der Waals surface area contributed by atoms with Crippen molar-refractivity contribution in [3.8, 4) is 0 Å². The van der Waals surface area contributed by atoms with E-state index in [2.05, 4.69) is 60.4 Å². The number of fused-ring (bicyclic) bond motifs is 1. The number of rotatable bonds is 7. The summed E-state index contributed by atoms with van der Waals surface area (Å²) < 4.78 is 0.